The number of aliphatic hydroxyl groups excluding tert-OH is 1. The van der Waals surface area contributed by atoms with Crippen LogP contribution >= 0.6 is 0 Å². The highest BCUT2D eigenvalue weighted by Crippen LogP contribution is 2.31. The van der Waals surface area contributed by atoms with E-state index in [4.69, 9.17) is 0 Å². The van der Waals surface area contributed by atoms with Gasteiger partial charge in [-0.3, -0.25) is 4.79 Å². The number of carbonyl (C=O) groups excluding carboxylic acids is 1. The molecular weight excluding hydrogens is 238 g/mol. The molecule has 2 unspecified atom stereocenters. The van der Waals surface area contributed by atoms with Gasteiger partial charge in [-0.05, 0) is 36.0 Å². The molecule has 0 saturated heterocycles. The third kappa shape index (κ3) is 2.98. The number of rotatable bonds is 4. The highest BCUT2D eigenvalue weighted by atomic mass is 16.3. The molecule has 1 aromatic carbocycles. The zero-order valence-electron chi connectivity index (χ0n) is 12.0. The quantitative estimate of drug-likeness (QED) is 0.905. The van der Waals surface area contributed by atoms with Crippen LogP contribution in [-0.2, 0) is 11.2 Å². The van der Waals surface area contributed by atoms with Crippen molar-refractivity contribution in [3.05, 3.63) is 29.3 Å². The second kappa shape index (κ2) is 5.74. The van der Waals surface area contributed by atoms with Gasteiger partial charge in [0.2, 0.25) is 5.91 Å². The van der Waals surface area contributed by atoms with Crippen LogP contribution in [0.5, 0.6) is 0 Å². The summed E-state index contributed by atoms with van der Waals surface area (Å²) in [4.78, 5) is 13.3. The molecule has 1 aliphatic rings. The van der Waals surface area contributed by atoms with Gasteiger partial charge in [0.25, 0.3) is 0 Å². The fourth-order valence-corrected chi connectivity index (χ4v) is 2.57. The average Bonchev–Trinajstić information content (AvgIpc) is 2.42. The maximum atomic E-state index is 11.6. The molecule has 0 radical (unpaired) electrons. The Balaban J connectivity index is 2.19. The molecule has 0 aliphatic carbocycles. The zero-order chi connectivity index (χ0) is 14.0. The molecule has 19 heavy (non-hydrogen) atoms. The number of aliphatic hydroxyl groups is 1. The van der Waals surface area contributed by atoms with Crippen LogP contribution < -0.4 is 4.90 Å². The maximum absolute atomic E-state index is 11.6. The lowest BCUT2D eigenvalue weighted by Crippen LogP contribution is -2.31. The van der Waals surface area contributed by atoms with Crippen molar-refractivity contribution >= 4 is 11.6 Å². The molecule has 1 aliphatic heterocycles. The third-order valence-corrected chi connectivity index (χ3v) is 4.15. The third-order valence-electron chi connectivity index (χ3n) is 4.15. The first kappa shape index (κ1) is 14.1. The number of fused-ring (bicyclic) bond motifs is 1. The highest BCUT2D eigenvalue weighted by Gasteiger charge is 2.22. The molecule has 0 fully saturated rings. The Morgan fingerprint density at radius 3 is 2.79 bits per heavy atom. The molecule has 1 aromatic rings. The molecule has 1 N–H and O–H groups in total. The van der Waals surface area contributed by atoms with E-state index in [1.165, 1.54) is 5.56 Å². The van der Waals surface area contributed by atoms with Crippen molar-refractivity contribution < 1.29 is 9.90 Å². The van der Waals surface area contributed by atoms with E-state index in [1.54, 1.807) is 4.90 Å². The molecule has 0 aromatic heterocycles. The second-order valence-corrected chi connectivity index (χ2v) is 5.61. The van der Waals surface area contributed by atoms with Gasteiger partial charge in [0.15, 0.2) is 0 Å². The van der Waals surface area contributed by atoms with Crippen molar-refractivity contribution in [1.29, 1.82) is 0 Å². The van der Waals surface area contributed by atoms with Crippen molar-refractivity contribution in [2.45, 2.75) is 45.6 Å². The van der Waals surface area contributed by atoms with E-state index in [1.807, 2.05) is 19.2 Å². The largest absolute Gasteiger partial charge is 0.388 e. The number of amides is 1. The summed E-state index contributed by atoms with van der Waals surface area (Å²) in [7, 11) is 1.82. The Morgan fingerprint density at radius 2 is 2.11 bits per heavy atom. The Bertz CT molecular complexity index is 470. The number of hydrogen-bond donors (Lipinski definition) is 1. The lowest BCUT2D eigenvalue weighted by molar-refractivity contribution is -0.118. The van der Waals surface area contributed by atoms with Gasteiger partial charge in [-0.25, -0.2) is 0 Å². The first-order valence-corrected chi connectivity index (χ1v) is 7.10. The Labute approximate surface area is 115 Å². The summed E-state index contributed by atoms with van der Waals surface area (Å²) >= 11 is 0. The first-order chi connectivity index (χ1) is 9.02. The molecule has 0 spiro atoms. The summed E-state index contributed by atoms with van der Waals surface area (Å²) in [5.41, 5.74) is 3.13. The van der Waals surface area contributed by atoms with Gasteiger partial charge >= 0.3 is 0 Å². The minimum atomic E-state index is -0.400. The molecule has 2 rings (SSSR count). The molecule has 104 valence electrons. The molecule has 2 atom stereocenters. The molecule has 1 heterocycles. The molecular formula is C16H23NO2. The SMILES string of the molecule is CCC(C)CC(O)c1ccc2c(c1)CCC(=O)N2C. The summed E-state index contributed by atoms with van der Waals surface area (Å²) in [6, 6.07) is 5.97. The summed E-state index contributed by atoms with van der Waals surface area (Å²) in [6.07, 6.45) is 2.82. The molecule has 3 nitrogen and oxygen atoms in total. The molecule has 0 bridgehead atoms. The van der Waals surface area contributed by atoms with Crippen LogP contribution in [0.3, 0.4) is 0 Å². The number of benzene rings is 1. The van der Waals surface area contributed by atoms with Crippen LogP contribution in [0.15, 0.2) is 18.2 Å². The molecule has 1 amide bonds. The maximum Gasteiger partial charge on any atom is 0.227 e. The van der Waals surface area contributed by atoms with Gasteiger partial charge in [0.1, 0.15) is 0 Å². The van der Waals surface area contributed by atoms with Crippen molar-refractivity contribution in [3.63, 3.8) is 0 Å². The van der Waals surface area contributed by atoms with E-state index in [2.05, 4.69) is 19.9 Å². The van der Waals surface area contributed by atoms with Gasteiger partial charge in [0.05, 0.1) is 6.10 Å². The highest BCUT2D eigenvalue weighted by molar-refractivity contribution is 5.95. The van der Waals surface area contributed by atoms with E-state index in [0.29, 0.717) is 12.3 Å². The molecule has 3 heteroatoms. The van der Waals surface area contributed by atoms with Crippen molar-refractivity contribution in [3.8, 4) is 0 Å². The average molecular weight is 261 g/mol. The van der Waals surface area contributed by atoms with Crippen LogP contribution in [0.1, 0.15) is 50.3 Å². The standard InChI is InChI=1S/C16H23NO2/c1-4-11(2)9-15(18)13-5-7-14-12(10-13)6-8-16(19)17(14)3/h5,7,10-11,15,18H,4,6,8-9H2,1-3H3. The lowest BCUT2D eigenvalue weighted by atomic mass is 9.93. The van der Waals surface area contributed by atoms with Gasteiger partial charge in [-0.2, -0.15) is 0 Å². The summed E-state index contributed by atoms with van der Waals surface area (Å²) in [5, 5.41) is 10.3. The fourth-order valence-electron chi connectivity index (χ4n) is 2.57. The molecule has 0 saturated carbocycles. The van der Waals surface area contributed by atoms with E-state index in [-0.39, 0.29) is 5.91 Å². The Hall–Kier alpha value is -1.35. The monoisotopic (exact) mass is 261 g/mol. The number of aryl methyl sites for hydroxylation is 1. The van der Waals surface area contributed by atoms with E-state index in [0.717, 1.165) is 30.5 Å². The van der Waals surface area contributed by atoms with E-state index in [9.17, 15) is 9.90 Å². The lowest BCUT2D eigenvalue weighted by Gasteiger charge is -2.27. The van der Waals surface area contributed by atoms with E-state index >= 15 is 0 Å². The van der Waals surface area contributed by atoms with Gasteiger partial charge < -0.3 is 10.0 Å². The van der Waals surface area contributed by atoms with Crippen LogP contribution in [0.2, 0.25) is 0 Å². The van der Waals surface area contributed by atoms with Crippen molar-refractivity contribution in [2.24, 2.45) is 5.92 Å². The predicted molar refractivity (Wildman–Crippen MR) is 77.2 cm³/mol. The number of anilines is 1. The Kier molecular flexibility index (Phi) is 4.25. The summed E-state index contributed by atoms with van der Waals surface area (Å²) in [5.74, 6) is 0.690. The fraction of sp³-hybridized carbons (Fsp3) is 0.562. The minimum Gasteiger partial charge on any atom is -0.388 e. The number of hydrogen-bond acceptors (Lipinski definition) is 2. The Morgan fingerprint density at radius 1 is 1.37 bits per heavy atom. The van der Waals surface area contributed by atoms with Gasteiger partial charge in [-0.1, -0.05) is 32.4 Å². The van der Waals surface area contributed by atoms with Crippen molar-refractivity contribution in [2.75, 3.05) is 11.9 Å². The normalized spacial score (nSPS) is 18.1. The van der Waals surface area contributed by atoms with Crippen LogP contribution in [-0.4, -0.2) is 18.1 Å². The zero-order valence-corrected chi connectivity index (χ0v) is 12.0. The van der Waals surface area contributed by atoms with Crippen LogP contribution in [0.4, 0.5) is 5.69 Å². The van der Waals surface area contributed by atoms with Crippen LogP contribution in [0, 0.1) is 5.92 Å². The summed E-state index contributed by atoms with van der Waals surface area (Å²) < 4.78 is 0. The van der Waals surface area contributed by atoms with Gasteiger partial charge in [-0.15, -0.1) is 0 Å². The second-order valence-electron chi connectivity index (χ2n) is 5.61. The number of carbonyl (C=O) groups is 1. The summed E-state index contributed by atoms with van der Waals surface area (Å²) in [6.45, 7) is 4.30. The number of nitrogens with zero attached hydrogens (tertiary/aromatic N) is 1. The van der Waals surface area contributed by atoms with E-state index < -0.39 is 6.10 Å². The smallest absolute Gasteiger partial charge is 0.227 e. The van der Waals surface area contributed by atoms with Crippen molar-refractivity contribution in [1.82, 2.24) is 0 Å². The predicted octanol–water partition coefficient (Wildman–Crippen LogP) is 3.07. The van der Waals surface area contributed by atoms with Gasteiger partial charge in [0, 0.05) is 19.2 Å². The first-order valence-electron chi connectivity index (χ1n) is 7.10. The topological polar surface area (TPSA) is 40.5 Å². The van der Waals surface area contributed by atoms with Crippen LogP contribution in [0.25, 0.3) is 0 Å². The minimum absolute atomic E-state index is 0.167.